The topological polar surface area (TPSA) is 87.2 Å². The summed E-state index contributed by atoms with van der Waals surface area (Å²) < 4.78 is 30.4. The number of rotatable bonds is 7. The Balaban J connectivity index is 1.86. The number of benzene rings is 1. The monoisotopic (exact) mass is 397 g/mol. The molecule has 150 valence electrons. The average Bonchev–Trinajstić information content (AvgIpc) is 2.65. The maximum absolute atomic E-state index is 12.5. The van der Waals surface area contributed by atoms with Gasteiger partial charge >= 0.3 is 6.09 Å². The van der Waals surface area contributed by atoms with Gasteiger partial charge in [0.2, 0.25) is 15.9 Å². The Kier molecular flexibility index (Phi) is 7.61. The fourth-order valence-corrected chi connectivity index (χ4v) is 3.69. The highest BCUT2D eigenvalue weighted by atomic mass is 32.2. The van der Waals surface area contributed by atoms with E-state index in [1.807, 2.05) is 30.3 Å². The molecule has 27 heavy (non-hydrogen) atoms. The van der Waals surface area contributed by atoms with Crippen LogP contribution < -0.4 is 0 Å². The molecule has 1 aliphatic heterocycles. The SMILES string of the molecule is CCOC(=O)N1CCN(C(=O)CCN(Cc2ccccc2)S(C)(=O)=O)CC1. The lowest BCUT2D eigenvalue weighted by Gasteiger charge is -2.34. The number of nitrogens with zero attached hydrogens (tertiary/aromatic N) is 3. The highest BCUT2D eigenvalue weighted by Gasteiger charge is 2.26. The number of sulfonamides is 1. The van der Waals surface area contributed by atoms with Crippen LogP contribution in [0.3, 0.4) is 0 Å². The maximum Gasteiger partial charge on any atom is 0.409 e. The number of hydrogen-bond donors (Lipinski definition) is 0. The zero-order valence-electron chi connectivity index (χ0n) is 15.8. The maximum atomic E-state index is 12.5. The summed E-state index contributed by atoms with van der Waals surface area (Å²) in [6.45, 7) is 4.13. The second-order valence-electron chi connectivity index (χ2n) is 6.40. The molecule has 0 saturated carbocycles. The first-order valence-electron chi connectivity index (χ1n) is 8.99. The normalized spacial score (nSPS) is 15.1. The van der Waals surface area contributed by atoms with Gasteiger partial charge in [-0.2, -0.15) is 4.31 Å². The highest BCUT2D eigenvalue weighted by Crippen LogP contribution is 2.11. The van der Waals surface area contributed by atoms with Crippen molar-refractivity contribution in [2.24, 2.45) is 0 Å². The number of amides is 2. The number of ether oxygens (including phenoxy) is 1. The second kappa shape index (κ2) is 9.70. The fourth-order valence-electron chi connectivity index (χ4n) is 2.88. The van der Waals surface area contributed by atoms with Crippen LogP contribution in [-0.4, -0.2) is 80.1 Å². The van der Waals surface area contributed by atoms with Crippen LogP contribution in [0.4, 0.5) is 4.79 Å². The lowest BCUT2D eigenvalue weighted by atomic mass is 10.2. The summed E-state index contributed by atoms with van der Waals surface area (Å²) in [6.07, 6.45) is 0.897. The lowest BCUT2D eigenvalue weighted by Crippen LogP contribution is -2.51. The standard InChI is InChI=1S/C18H27N3O5S/c1-3-26-18(23)20-13-11-19(12-14-20)17(22)9-10-21(27(2,24)25)15-16-7-5-4-6-8-16/h4-8H,3,9-15H2,1-2H3. The predicted octanol–water partition coefficient (Wildman–Crippen LogP) is 1.14. The average molecular weight is 397 g/mol. The molecule has 1 saturated heterocycles. The van der Waals surface area contributed by atoms with Crippen LogP contribution in [0.5, 0.6) is 0 Å². The van der Waals surface area contributed by atoms with Crippen LogP contribution in [0.2, 0.25) is 0 Å². The van der Waals surface area contributed by atoms with Crippen LogP contribution >= 0.6 is 0 Å². The molecule has 2 amide bonds. The number of carbonyl (C=O) groups is 2. The van der Waals surface area contributed by atoms with Gasteiger partial charge in [-0.25, -0.2) is 13.2 Å². The number of carbonyl (C=O) groups excluding carboxylic acids is 2. The van der Waals surface area contributed by atoms with Crippen LogP contribution in [0.15, 0.2) is 30.3 Å². The van der Waals surface area contributed by atoms with Gasteiger partial charge in [0.1, 0.15) is 0 Å². The molecule has 1 fully saturated rings. The molecule has 0 atom stereocenters. The molecule has 0 aliphatic carbocycles. The van der Waals surface area contributed by atoms with Crippen LogP contribution in [0.25, 0.3) is 0 Å². The largest absolute Gasteiger partial charge is 0.450 e. The van der Waals surface area contributed by atoms with Crippen molar-refractivity contribution >= 4 is 22.0 Å². The van der Waals surface area contributed by atoms with E-state index >= 15 is 0 Å². The second-order valence-corrected chi connectivity index (χ2v) is 8.38. The number of hydrogen-bond acceptors (Lipinski definition) is 5. The van der Waals surface area contributed by atoms with E-state index in [4.69, 9.17) is 4.74 Å². The van der Waals surface area contributed by atoms with E-state index in [-0.39, 0.29) is 31.5 Å². The molecule has 0 bridgehead atoms. The van der Waals surface area contributed by atoms with E-state index in [1.165, 1.54) is 4.31 Å². The Morgan fingerprint density at radius 2 is 1.67 bits per heavy atom. The summed E-state index contributed by atoms with van der Waals surface area (Å²) in [5.41, 5.74) is 0.874. The predicted molar refractivity (Wildman–Crippen MR) is 101 cm³/mol. The Bertz CT molecular complexity index is 731. The minimum Gasteiger partial charge on any atom is -0.450 e. The van der Waals surface area contributed by atoms with Crippen molar-refractivity contribution in [3.63, 3.8) is 0 Å². The molecule has 0 radical (unpaired) electrons. The third kappa shape index (κ3) is 6.51. The molecule has 1 heterocycles. The van der Waals surface area contributed by atoms with Gasteiger partial charge in [0.15, 0.2) is 0 Å². The summed E-state index contributed by atoms with van der Waals surface area (Å²) in [6, 6.07) is 9.28. The molecule has 0 aromatic heterocycles. The van der Waals surface area contributed by atoms with Crippen molar-refractivity contribution < 1.29 is 22.7 Å². The smallest absolute Gasteiger partial charge is 0.409 e. The Morgan fingerprint density at radius 3 is 2.22 bits per heavy atom. The summed E-state index contributed by atoms with van der Waals surface area (Å²) in [7, 11) is -3.42. The third-order valence-electron chi connectivity index (χ3n) is 4.40. The van der Waals surface area contributed by atoms with Crippen molar-refractivity contribution in [1.29, 1.82) is 0 Å². The van der Waals surface area contributed by atoms with Crippen molar-refractivity contribution in [1.82, 2.24) is 14.1 Å². The third-order valence-corrected chi connectivity index (χ3v) is 5.65. The quantitative estimate of drug-likeness (QED) is 0.689. The van der Waals surface area contributed by atoms with Gasteiger partial charge in [0.05, 0.1) is 12.9 Å². The fraction of sp³-hybridized carbons (Fsp3) is 0.556. The van der Waals surface area contributed by atoms with Gasteiger partial charge in [0, 0.05) is 45.7 Å². The van der Waals surface area contributed by atoms with Gasteiger partial charge in [-0.05, 0) is 12.5 Å². The van der Waals surface area contributed by atoms with Gasteiger partial charge in [-0.1, -0.05) is 30.3 Å². The van der Waals surface area contributed by atoms with E-state index in [2.05, 4.69) is 0 Å². The van der Waals surface area contributed by atoms with Gasteiger partial charge in [-0.3, -0.25) is 4.79 Å². The summed E-state index contributed by atoms with van der Waals surface area (Å²) in [5, 5.41) is 0. The highest BCUT2D eigenvalue weighted by molar-refractivity contribution is 7.88. The van der Waals surface area contributed by atoms with E-state index < -0.39 is 10.0 Å². The minimum atomic E-state index is -3.42. The van der Waals surface area contributed by atoms with Crippen molar-refractivity contribution in [2.75, 3.05) is 45.6 Å². The Labute approximate surface area is 160 Å². The van der Waals surface area contributed by atoms with Gasteiger partial charge in [-0.15, -0.1) is 0 Å². The molecule has 1 aliphatic rings. The molecule has 1 aromatic rings. The molecule has 0 unspecified atom stereocenters. The molecule has 8 nitrogen and oxygen atoms in total. The van der Waals surface area contributed by atoms with E-state index in [0.717, 1.165) is 11.8 Å². The molecule has 0 N–H and O–H groups in total. The number of piperazine rings is 1. The van der Waals surface area contributed by atoms with Gasteiger partial charge < -0.3 is 14.5 Å². The molecular weight excluding hydrogens is 370 g/mol. The van der Waals surface area contributed by atoms with Crippen molar-refractivity contribution in [3.05, 3.63) is 35.9 Å². The van der Waals surface area contributed by atoms with Crippen molar-refractivity contribution in [2.45, 2.75) is 19.9 Å². The van der Waals surface area contributed by atoms with Crippen LogP contribution in [0.1, 0.15) is 18.9 Å². The Morgan fingerprint density at radius 1 is 1.07 bits per heavy atom. The summed E-state index contributed by atoms with van der Waals surface area (Å²) in [4.78, 5) is 27.4. The molecule has 1 aromatic carbocycles. The zero-order chi connectivity index (χ0) is 19.9. The zero-order valence-corrected chi connectivity index (χ0v) is 16.7. The molecule has 2 rings (SSSR count). The first-order valence-corrected chi connectivity index (χ1v) is 10.8. The summed E-state index contributed by atoms with van der Waals surface area (Å²) in [5.74, 6) is -0.111. The Hall–Kier alpha value is -2.13. The van der Waals surface area contributed by atoms with Crippen LogP contribution in [0, 0.1) is 0 Å². The van der Waals surface area contributed by atoms with Crippen molar-refractivity contribution in [3.8, 4) is 0 Å². The molecule has 0 spiro atoms. The minimum absolute atomic E-state index is 0.110. The molecule has 9 heteroatoms. The summed E-state index contributed by atoms with van der Waals surface area (Å²) >= 11 is 0. The first kappa shape index (κ1) is 21.2. The first-order chi connectivity index (χ1) is 12.8. The van der Waals surface area contributed by atoms with Gasteiger partial charge in [0.25, 0.3) is 0 Å². The van der Waals surface area contributed by atoms with E-state index in [1.54, 1.807) is 16.7 Å². The van der Waals surface area contributed by atoms with E-state index in [9.17, 15) is 18.0 Å². The lowest BCUT2D eigenvalue weighted by molar-refractivity contribution is -0.132. The molecular formula is C18H27N3O5S. The van der Waals surface area contributed by atoms with E-state index in [0.29, 0.717) is 32.8 Å². The van der Waals surface area contributed by atoms with Crippen LogP contribution in [-0.2, 0) is 26.1 Å².